The number of ketones is 1. The number of nitrogens with zero attached hydrogens (tertiary/aromatic N) is 1. The van der Waals surface area contributed by atoms with Gasteiger partial charge in [0.25, 0.3) is 0 Å². The molecule has 2 fully saturated rings. The predicted molar refractivity (Wildman–Crippen MR) is 128 cm³/mol. The molecule has 4 nitrogen and oxygen atoms in total. The Hall–Kier alpha value is -1.48. The second-order valence-electron chi connectivity index (χ2n) is 8.44. The Balaban J connectivity index is 1.52. The van der Waals surface area contributed by atoms with E-state index in [1.165, 1.54) is 12.1 Å². The van der Waals surface area contributed by atoms with Gasteiger partial charge in [-0.05, 0) is 55.2 Å². The number of carbonyl (C=O) groups excluding carboxylic acids is 2. The van der Waals surface area contributed by atoms with E-state index in [1.54, 1.807) is 12.1 Å². The van der Waals surface area contributed by atoms with Crippen LogP contribution in [0.15, 0.2) is 30.3 Å². The summed E-state index contributed by atoms with van der Waals surface area (Å²) in [6, 6.07) is 10.3. The molecular formula is C23H17Cl5N2O2. The SMILES string of the molecule is Cc1cc(C2C(C(=O)Nc3ccc(Cl)c(C(=O)CC4(C#N)CC4)c3)C2(Cl)Cl)cc(Cl)c1Cl. The standard InChI is InChI=1S/C23H17Cl5N2O2/c1-11-6-12(7-16(25)20(11)26)18-19(23(18,27)28)21(32)30-13-2-3-15(24)14(8-13)17(31)9-22(10-29)4-5-22/h2-3,6-8,18-19H,4-5,9H2,1H3,(H,30,32). The molecule has 32 heavy (non-hydrogen) atoms. The van der Waals surface area contributed by atoms with Crippen molar-refractivity contribution in [1.82, 2.24) is 0 Å². The number of aryl methyl sites for hydroxylation is 1. The summed E-state index contributed by atoms with van der Waals surface area (Å²) in [7, 11) is 0. The molecule has 2 aromatic rings. The van der Waals surface area contributed by atoms with Gasteiger partial charge < -0.3 is 5.32 Å². The Bertz CT molecular complexity index is 1160. The lowest BCUT2D eigenvalue weighted by atomic mass is 9.96. The van der Waals surface area contributed by atoms with E-state index in [4.69, 9.17) is 58.0 Å². The molecule has 2 unspecified atom stereocenters. The molecule has 2 aliphatic carbocycles. The quantitative estimate of drug-likeness (QED) is 0.313. The molecule has 4 rings (SSSR count). The van der Waals surface area contributed by atoms with Crippen molar-refractivity contribution in [2.75, 3.05) is 5.32 Å². The molecule has 0 aromatic heterocycles. The highest BCUT2D eigenvalue weighted by Crippen LogP contribution is 2.65. The van der Waals surface area contributed by atoms with Crippen LogP contribution in [0.3, 0.4) is 0 Å². The molecule has 2 aliphatic rings. The summed E-state index contributed by atoms with van der Waals surface area (Å²) in [5.74, 6) is -1.80. The Labute approximate surface area is 210 Å². The van der Waals surface area contributed by atoms with E-state index in [9.17, 15) is 14.9 Å². The average Bonchev–Trinajstić information content (AvgIpc) is 3.62. The van der Waals surface area contributed by atoms with Crippen LogP contribution in [0.2, 0.25) is 15.1 Å². The molecule has 2 atom stereocenters. The van der Waals surface area contributed by atoms with Crippen molar-refractivity contribution >= 4 is 75.4 Å². The summed E-state index contributed by atoms with van der Waals surface area (Å²) in [6.45, 7) is 1.81. The second kappa shape index (κ2) is 8.38. The molecule has 2 aromatic carbocycles. The largest absolute Gasteiger partial charge is 0.326 e. The van der Waals surface area contributed by atoms with Gasteiger partial charge in [-0.15, -0.1) is 23.2 Å². The molecule has 0 aliphatic heterocycles. The van der Waals surface area contributed by atoms with Gasteiger partial charge in [-0.1, -0.05) is 40.9 Å². The van der Waals surface area contributed by atoms with Crippen molar-refractivity contribution in [1.29, 1.82) is 5.26 Å². The average molecular weight is 531 g/mol. The molecule has 166 valence electrons. The smallest absolute Gasteiger partial charge is 0.231 e. The predicted octanol–water partition coefficient (Wildman–Crippen LogP) is 7.36. The fourth-order valence-corrected chi connectivity index (χ4v) is 5.35. The maximum atomic E-state index is 13.0. The van der Waals surface area contributed by atoms with Crippen LogP contribution in [0, 0.1) is 29.6 Å². The first-order valence-electron chi connectivity index (χ1n) is 9.87. The lowest BCUT2D eigenvalue weighted by molar-refractivity contribution is -0.117. The third kappa shape index (κ3) is 4.34. The van der Waals surface area contributed by atoms with Gasteiger partial charge in [-0.3, -0.25) is 9.59 Å². The number of nitriles is 1. The third-order valence-corrected chi connectivity index (χ3v) is 8.22. The van der Waals surface area contributed by atoms with Crippen LogP contribution in [0.4, 0.5) is 5.69 Å². The summed E-state index contributed by atoms with van der Waals surface area (Å²) >= 11 is 31.4. The number of halogens is 5. The molecule has 9 heteroatoms. The Morgan fingerprint density at radius 2 is 1.81 bits per heavy atom. The molecule has 0 saturated heterocycles. The van der Waals surface area contributed by atoms with E-state index in [0.29, 0.717) is 28.6 Å². The van der Waals surface area contributed by atoms with Gasteiger partial charge in [0.2, 0.25) is 5.91 Å². The molecule has 0 radical (unpaired) electrons. The number of benzene rings is 2. The summed E-state index contributed by atoms with van der Waals surface area (Å²) in [4.78, 5) is 25.6. The minimum atomic E-state index is -1.30. The highest BCUT2D eigenvalue weighted by molar-refractivity contribution is 6.53. The van der Waals surface area contributed by atoms with Crippen LogP contribution < -0.4 is 5.32 Å². The first-order valence-corrected chi connectivity index (χ1v) is 11.8. The summed E-state index contributed by atoms with van der Waals surface area (Å²) in [6.07, 6.45) is 1.51. The zero-order chi connectivity index (χ0) is 23.4. The zero-order valence-corrected chi connectivity index (χ0v) is 20.6. The minimum absolute atomic E-state index is 0.106. The summed E-state index contributed by atoms with van der Waals surface area (Å²) in [5.41, 5.74) is 1.55. The van der Waals surface area contributed by atoms with Crippen LogP contribution in [-0.2, 0) is 4.79 Å². The Morgan fingerprint density at radius 3 is 2.41 bits per heavy atom. The number of anilines is 1. The van der Waals surface area contributed by atoms with E-state index in [0.717, 1.165) is 11.1 Å². The number of Topliss-reactive ketones (excluding diaryl/α,β-unsaturated/α-hetero) is 1. The van der Waals surface area contributed by atoms with E-state index in [2.05, 4.69) is 11.4 Å². The third-order valence-electron chi connectivity index (χ3n) is 6.05. The van der Waals surface area contributed by atoms with Crippen LogP contribution in [-0.4, -0.2) is 16.0 Å². The van der Waals surface area contributed by atoms with Gasteiger partial charge in [0, 0.05) is 23.6 Å². The number of nitrogens with one attached hydrogen (secondary N) is 1. The van der Waals surface area contributed by atoms with Crippen LogP contribution in [0.25, 0.3) is 0 Å². The normalized spacial score (nSPS) is 22.0. The van der Waals surface area contributed by atoms with Crippen molar-refractivity contribution in [2.24, 2.45) is 11.3 Å². The van der Waals surface area contributed by atoms with Crippen LogP contribution in [0.1, 0.15) is 46.7 Å². The molecule has 0 heterocycles. The van der Waals surface area contributed by atoms with Crippen molar-refractivity contribution < 1.29 is 9.59 Å². The van der Waals surface area contributed by atoms with Gasteiger partial charge in [-0.25, -0.2) is 0 Å². The number of amides is 1. The molecule has 2 saturated carbocycles. The number of carbonyl (C=O) groups is 2. The number of alkyl halides is 2. The Kier molecular flexibility index (Phi) is 6.20. The van der Waals surface area contributed by atoms with Gasteiger partial charge >= 0.3 is 0 Å². The molecule has 0 bridgehead atoms. The molecule has 1 N–H and O–H groups in total. The molecule has 1 amide bonds. The van der Waals surface area contributed by atoms with Crippen LogP contribution >= 0.6 is 58.0 Å². The zero-order valence-electron chi connectivity index (χ0n) is 16.8. The highest BCUT2D eigenvalue weighted by Gasteiger charge is 2.67. The number of rotatable bonds is 6. The van der Waals surface area contributed by atoms with E-state index in [-0.39, 0.29) is 28.7 Å². The van der Waals surface area contributed by atoms with Gasteiger partial charge in [0.15, 0.2) is 5.78 Å². The second-order valence-corrected chi connectivity index (χ2v) is 11.1. The van der Waals surface area contributed by atoms with E-state index in [1.807, 2.05) is 13.0 Å². The summed E-state index contributed by atoms with van der Waals surface area (Å²) < 4.78 is -1.30. The molecular weight excluding hydrogens is 514 g/mol. The van der Waals surface area contributed by atoms with Crippen LogP contribution in [0.5, 0.6) is 0 Å². The first kappa shape index (κ1) is 23.7. The van der Waals surface area contributed by atoms with Gasteiger partial charge in [0.1, 0.15) is 4.33 Å². The highest BCUT2D eigenvalue weighted by atomic mass is 35.5. The Morgan fingerprint density at radius 1 is 1.12 bits per heavy atom. The number of hydrogen-bond acceptors (Lipinski definition) is 3. The monoisotopic (exact) mass is 528 g/mol. The number of hydrogen-bond donors (Lipinski definition) is 1. The van der Waals surface area contributed by atoms with Gasteiger partial charge in [-0.2, -0.15) is 5.26 Å². The molecule has 0 spiro atoms. The van der Waals surface area contributed by atoms with Crippen molar-refractivity contribution in [3.05, 3.63) is 62.1 Å². The summed E-state index contributed by atoms with van der Waals surface area (Å²) in [5, 5.41) is 13.1. The van der Waals surface area contributed by atoms with Crippen molar-refractivity contribution in [3.63, 3.8) is 0 Å². The lowest BCUT2D eigenvalue weighted by Crippen LogP contribution is -2.17. The first-order chi connectivity index (χ1) is 15.0. The topological polar surface area (TPSA) is 70.0 Å². The van der Waals surface area contributed by atoms with Crippen molar-refractivity contribution in [2.45, 2.75) is 36.4 Å². The van der Waals surface area contributed by atoms with Gasteiger partial charge in [0.05, 0.1) is 32.5 Å². The fourth-order valence-electron chi connectivity index (χ4n) is 3.92. The minimum Gasteiger partial charge on any atom is -0.326 e. The maximum absolute atomic E-state index is 13.0. The maximum Gasteiger partial charge on any atom is 0.231 e. The van der Waals surface area contributed by atoms with E-state index < -0.39 is 21.6 Å². The van der Waals surface area contributed by atoms with Crippen molar-refractivity contribution in [3.8, 4) is 6.07 Å². The lowest BCUT2D eigenvalue weighted by Gasteiger charge is -2.10. The fraction of sp³-hybridized carbons (Fsp3) is 0.348. The van der Waals surface area contributed by atoms with E-state index >= 15 is 0 Å².